The van der Waals surface area contributed by atoms with Crippen LogP contribution in [0.4, 0.5) is 11.4 Å². The number of benzene rings is 2. The van der Waals surface area contributed by atoms with Crippen molar-refractivity contribution in [3.63, 3.8) is 0 Å². The highest BCUT2D eigenvalue weighted by molar-refractivity contribution is 7.62. The van der Waals surface area contributed by atoms with Crippen molar-refractivity contribution in [3.05, 3.63) is 61.6 Å². The summed E-state index contributed by atoms with van der Waals surface area (Å²) >= 11 is 5.77. The number of nitro groups is 2. The van der Waals surface area contributed by atoms with Crippen molar-refractivity contribution in [2.24, 2.45) is 0 Å². The summed E-state index contributed by atoms with van der Waals surface area (Å²) in [6.45, 7) is 3.11. The Labute approximate surface area is 164 Å². The van der Waals surface area contributed by atoms with Gasteiger partial charge >= 0.3 is 13.3 Å². The van der Waals surface area contributed by atoms with Gasteiger partial charge in [0.1, 0.15) is 11.1 Å². The highest BCUT2D eigenvalue weighted by Crippen LogP contribution is 2.50. The second-order valence-electron chi connectivity index (χ2n) is 5.21. The fraction of sp³-hybridized carbons (Fsp3) is 0.250. The minimum Gasteiger partial charge on any atom is -0.450 e. The number of nitrogens with zero attached hydrogens (tertiary/aromatic N) is 2. The highest BCUT2D eigenvalue weighted by Gasteiger charge is 2.35. The van der Waals surface area contributed by atoms with E-state index in [0.29, 0.717) is 0 Å². The van der Waals surface area contributed by atoms with Crippen LogP contribution in [0.2, 0.25) is 5.02 Å². The molecular weight excluding hydrogens is 415 g/mol. The molecular formula is C16H16ClN2O8P. The normalized spacial score (nSPS) is 11.2. The molecule has 0 aromatic heterocycles. The number of hydrogen-bond acceptors (Lipinski definition) is 8. The Morgan fingerprint density at radius 3 is 2.11 bits per heavy atom. The first kappa shape index (κ1) is 21.8. The molecule has 10 nitrogen and oxygen atoms in total. The molecule has 0 atom stereocenters. The Balaban J connectivity index is 2.56. The summed E-state index contributed by atoms with van der Waals surface area (Å²) in [5.41, 5.74) is -0.881. The number of nitro benzene ring substituents is 2. The van der Waals surface area contributed by atoms with Crippen LogP contribution in [0.3, 0.4) is 0 Å². The third-order valence-corrected chi connectivity index (χ3v) is 5.76. The Bertz CT molecular complexity index is 942. The molecule has 0 heterocycles. The topological polar surface area (TPSA) is 131 Å². The van der Waals surface area contributed by atoms with Crippen LogP contribution in [0.15, 0.2) is 36.4 Å². The molecule has 2 rings (SSSR count). The van der Waals surface area contributed by atoms with Gasteiger partial charge in [-0.1, -0.05) is 11.6 Å². The average Bonchev–Trinajstić information content (AvgIpc) is 2.63. The summed E-state index contributed by atoms with van der Waals surface area (Å²) in [5.74, 6) is -0.164. The van der Waals surface area contributed by atoms with Crippen LogP contribution >= 0.6 is 19.2 Å². The lowest BCUT2D eigenvalue weighted by atomic mass is 10.3. The maximum atomic E-state index is 13.0. The molecule has 0 amide bonds. The van der Waals surface area contributed by atoms with Crippen molar-refractivity contribution < 1.29 is 28.2 Å². The Morgan fingerprint density at radius 1 is 0.964 bits per heavy atom. The number of hydrogen-bond donors (Lipinski definition) is 0. The van der Waals surface area contributed by atoms with Gasteiger partial charge in [-0.3, -0.25) is 24.8 Å². The first-order valence-electron chi connectivity index (χ1n) is 8.01. The molecule has 0 radical (unpaired) electrons. The van der Waals surface area contributed by atoms with Crippen molar-refractivity contribution in [2.75, 3.05) is 13.2 Å². The Kier molecular flexibility index (Phi) is 7.09. The molecule has 0 N–H and O–H groups in total. The van der Waals surface area contributed by atoms with Gasteiger partial charge in [0.2, 0.25) is 5.75 Å². The molecule has 28 heavy (non-hydrogen) atoms. The third-order valence-electron chi connectivity index (χ3n) is 3.38. The fourth-order valence-electron chi connectivity index (χ4n) is 2.30. The minimum atomic E-state index is -4.01. The van der Waals surface area contributed by atoms with E-state index in [9.17, 15) is 24.8 Å². The summed E-state index contributed by atoms with van der Waals surface area (Å²) in [7, 11) is -4.01. The quantitative estimate of drug-likeness (QED) is 0.313. The average molecular weight is 431 g/mol. The highest BCUT2D eigenvalue weighted by atomic mass is 35.5. The Morgan fingerprint density at radius 2 is 1.57 bits per heavy atom. The lowest BCUT2D eigenvalue weighted by Gasteiger charge is -2.18. The summed E-state index contributed by atoms with van der Waals surface area (Å²) < 4.78 is 28.9. The van der Waals surface area contributed by atoms with E-state index in [1.165, 1.54) is 18.2 Å². The predicted molar refractivity (Wildman–Crippen MR) is 102 cm³/mol. The van der Waals surface area contributed by atoms with E-state index in [-0.39, 0.29) is 35.0 Å². The predicted octanol–water partition coefficient (Wildman–Crippen LogP) is 4.84. The van der Waals surface area contributed by atoms with E-state index < -0.39 is 28.8 Å². The van der Waals surface area contributed by atoms with Crippen LogP contribution in [-0.4, -0.2) is 23.1 Å². The van der Waals surface area contributed by atoms with Gasteiger partial charge in [0.25, 0.3) is 5.69 Å². The fourth-order valence-corrected chi connectivity index (χ4v) is 4.22. The molecule has 2 aromatic rings. The van der Waals surface area contributed by atoms with Crippen LogP contribution in [0.5, 0.6) is 11.5 Å². The van der Waals surface area contributed by atoms with Gasteiger partial charge in [0.05, 0.1) is 23.1 Å². The van der Waals surface area contributed by atoms with Gasteiger partial charge < -0.3 is 13.8 Å². The molecule has 0 aliphatic rings. The number of rotatable bonds is 9. The zero-order valence-electron chi connectivity index (χ0n) is 14.9. The van der Waals surface area contributed by atoms with Crippen LogP contribution < -0.4 is 10.0 Å². The molecule has 0 unspecified atom stereocenters. The van der Waals surface area contributed by atoms with Crippen LogP contribution in [-0.2, 0) is 13.6 Å². The lowest BCUT2D eigenvalue weighted by molar-refractivity contribution is -0.385. The van der Waals surface area contributed by atoms with Gasteiger partial charge in [-0.05, 0) is 32.0 Å². The van der Waals surface area contributed by atoms with E-state index >= 15 is 0 Å². The van der Waals surface area contributed by atoms with E-state index in [1.54, 1.807) is 13.8 Å². The van der Waals surface area contributed by atoms with E-state index in [4.69, 9.17) is 25.4 Å². The first-order valence-corrected chi connectivity index (χ1v) is 9.93. The number of ether oxygens (including phenoxy) is 1. The zero-order chi connectivity index (χ0) is 20.9. The molecule has 2 aromatic carbocycles. The van der Waals surface area contributed by atoms with Crippen molar-refractivity contribution in [2.45, 2.75) is 13.8 Å². The third kappa shape index (κ3) is 4.85. The lowest BCUT2D eigenvalue weighted by Crippen LogP contribution is -2.15. The molecule has 0 aliphatic carbocycles. The maximum absolute atomic E-state index is 13.0. The molecule has 0 bridgehead atoms. The molecule has 150 valence electrons. The van der Waals surface area contributed by atoms with Gasteiger partial charge in [-0.25, -0.2) is 0 Å². The molecule has 0 aliphatic heterocycles. The van der Waals surface area contributed by atoms with Crippen molar-refractivity contribution in [3.8, 4) is 11.5 Å². The van der Waals surface area contributed by atoms with Crippen LogP contribution in [0.25, 0.3) is 0 Å². The molecule has 0 saturated heterocycles. The van der Waals surface area contributed by atoms with Crippen molar-refractivity contribution in [1.82, 2.24) is 0 Å². The molecule has 12 heteroatoms. The standard InChI is InChI=1S/C16H16ClN2O8P/c1-3-25-28(24,26-4-2)16-10-12(6-7-13(16)18(20)21)27-15-8-5-11(17)9-14(15)19(22)23/h5-10H,3-4H2,1-2H3. The summed E-state index contributed by atoms with van der Waals surface area (Å²) in [6.07, 6.45) is 0. The Hall–Kier alpha value is -2.52. The minimum absolute atomic E-state index is 0.0117. The van der Waals surface area contributed by atoms with Gasteiger partial charge in [-0.2, -0.15) is 0 Å². The van der Waals surface area contributed by atoms with Gasteiger partial charge in [-0.15, -0.1) is 0 Å². The largest absolute Gasteiger partial charge is 0.450 e. The van der Waals surface area contributed by atoms with Crippen LogP contribution in [0.1, 0.15) is 13.8 Å². The summed E-state index contributed by atoms with van der Waals surface area (Å²) in [5, 5.41) is 22.4. The van der Waals surface area contributed by atoms with Gasteiger partial charge in [0, 0.05) is 23.2 Å². The van der Waals surface area contributed by atoms with Crippen molar-refractivity contribution in [1.29, 1.82) is 0 Å². The SMILES string of the molecule is CCOP(=O)(OCC)c1cc(Oc2ccc(Cl)cc2[N+](=O)[O-])ccc1[N+](=O)[O-]. The van der Waals surface area contributed by atoms with Crippen molar-refractivity contribution >= 4 is 35.9 Å². The molecule has 0 spiro atoms. The summed E-state index contributed by atoms with van der Waals surface area (Å²) in [4.78, 5) is 21.1. The van der Waals surface area contributed by atoms with E-state index in [2.05, 4.69) is 0 Å². The number of halogens is 1. The second-order valence-corrected chi connectivity index (χ2v) is 7.64. The zero-order valence-corrected chi connectivity index (χ0v) is 16.5. The first-order chi connectivity index (χ1) is 13.2. The van der Waals surface area contributed by atoms with E-state index in [1.807, 2.05) is 0 Å². The smallest absolute Gasteiger partial charge is 0.368 e. The molecule has 0 saturated carbocycles. The summed E-state index contributed by atoms with van der Waals surface area (Å²) in [6, 6.07) is 7.18. The maximum Gasteiger partial charge on any atom is 0.368 e. The second kappa shape index (κ2) is 9.11. The van der Waals surface area contributed by atoms with E-state index in [0.717, 1.165) is 18.2 Å². The molecule has 0 fully saturated rings. The van der Waals surface area contributed by atoms with Crippen LogP contribution in [0, 0.1) is 20.2 Å². The monoisotopic (exact) mass is 430 g/mol. The van der Waals surface area contributed by atoms with Gasteiger partial charge in [0.15, 0.2) is 0 Å².